The van der Waals surface area contributed by atoms with E-state index in [1.165, 1.54) is 24.3 Å². The van der Waals surface area contributed by atoms with E-state index < -0.39 is 29.3 Å². The van der Waals surface area contributed by atoms with Gasteiger partial charge in [-0.15, -0.1) is 0 Å². The van der Waals surface area contributed by atoms with E-state index in [-0.39, 0.29) is 5.56 Å². The van der Waals surface area contributed by atoms with Gasteiger partial charge in [0.05, 0.1) is 0 Å². The molecule has 19 heavy (non-hydrogen) atoms. The van der Waals surface area contributed by atoms with Gasteiger partial charge in [0.15, 0.2) is 5.57 Å². The number of carbonyl (C=O) groups excluding carboxylic acids is 1. The lowest BCUT2D eigenvalue weighted by atomic mass is 9.93. The highest BCUT2D eigenvalue weighted by atomic mass is 19.4. The van der Waals surface area contributed by atoms with Crippen molar-refractivity contribution in [3.05, 3.63) is 47.2 Å². The molecule has 0 radical (unpaired) electrons. The number of allylic oxidation sites excluding steroid dienone is 1. The zero-order valence-corrected chi connectivity index (χ0v) is 9.48. The summed E-state index contributed by atoms with van der Waals surface area (Å²) in [7, 11) is 0. The number of aliphatic hydroxyl groups is 1. The number of rotatable bonds is 3. The van der Waals surface area contributed by atoms with Crippen LogP contribution in [0.25, 0.3) is 0 Å². The van der Waals surface area contributed by atoms with Crippen molar-refractivity contribution < 1.29 is 23.1 Å². The lowest BCUT2D eigenvalue weighted by molar-refractivity contribution is -0.148. The summed E-state index contributed by atoms with van der Waals surface area (Å²) in [5, 5.41) is 18.2. The van der Waals surface area contributed by atoms with E-state index in [0.29, 0.717) is 0 Å². The van der Waals surface area contributed by atoms with Gasteiger partial charge in [0, 0.05) is 0 Å². The summed E-state index contributed by atoms with van der Waals surface area (Å²) in [6, 6.07) is 7.62. The molecule has 1 rings (SSSR count). The van der Waals surface area contributed by atoms with Crippen LogP contribution in [0, 0.1) is 11.3 Å². The number of nitrogens with two attached hydrogens (primary N) is 1. The molecule has 0 bridgehead atoms. The molecule has 1 amide bonds. The maximum absolute atomic E-state index is 13.0. The fraction of sp³-hybridized carbons (Fsp3) is 0.167. The average molecular weight is 270 g/mol. The van der Waals surface area contributed by atoms with Crippen molar-refractivity contribution in [2.45, 2.75) is 12.1 Å². The Balaban J connectivity index is 3.45. The van der Waals surface area contributed by atoms with Crippen molar-refractivity contribution in [2.75, 3.05) is 0 Å². The van der Waals surface area contributed by atoms with Crippen molar-refractivity contribution in [3.8, 4) is 6.07 Å². The summed E-state index contributed by atoms with van der Waals surface area (Å²) in [5.74, 6) is -5.27. The Hall–Kier alpha value is -2.49. The molecule has 1 aromatic rings. The first-order valence-electron chi connectivity index (χ1n) is 5.03. The molecule has 0 fully saturated rings. The second-order valence-electron chi connectivity index (χ2n) is 3.62. The van der Waals surface area contributed by atoms with E-state index in [1.54, 1.807) is 0 Å². The first-order chi connectivity index (χ1) is 8.79. The van der Waals surface area contributed by atoms with Gasteiger partial charge in [-0.3, -0.25) is 4.79 Å². The van der Waals surface area contributed by atoms with Crippen LogP contribution in [0.4, 0.5) is 13.2 Å². The summed E-state index contributed by atoms with van der Waals surface area (Å²) in [6.45, 7) is 0. The Morgan fingerprint density at radius 3 is 2.21 bits per heavy atom. The van der Waals surface area contributed by atoms with Crippen molar-refractivity contribution in [3.63, 3.8) is 0 Å². The molecule has 3 N–H and O–H groups in total. The molecule has 1 atom stereocenters. The largest absolute Gasteiger partial charge is 0.510 e. The normalized spacial score (nSPS) is 14.2. The van der Waals surface area contributed by atoms with Crippen LogP contribution in [-0.4, -0.2) is 17.2 Å². The first-order valence-corrected chi connectivity index (χ1v) is 5.03. The molecule has 0 aromatic heterocycles. The van der Waals surface area contributed by atoms with Crippen LogP contribution >= 0.6 is 0 Å². The molecule has 0 aliphatic rings. The van der Waals surface area contributed by atoms with Gasteiger partial charge in [0.25, 0.3) is 5.91 Å². The minimum Gasteiger partial charge on any atom is -0.510 e. The Morgan fingerprint density at radius 2 is 1.84 bits per heavy atom. The molecule has 4 nitrogen and oxygen atoms in total. The van der Waals surface area contributed by atoms with Gasteiger partial charge in [-0.1, -0.05) is 30.3 Å². The van der Waals surface area contributed by atoms with Crippen LogP contribution < -0.4 is 5.73 Å². The van der Waals surface area contributed by atoms with E-state index >= 15 is 0 Å². The third-order valence-corrected chi connectivity index (χ3v) is 2.35. The van der Waals surface area contributed by atoms with Crippen LogP contribution in [0.1, 0.15) is 11.5 Å². The number of amides is 1. The molecule has 0 aliphatic carbocycles. The van der Waals surface area contributed by atoms with Gasteiger partial charge in [-0.25, -0.2) is 0 Å². The van der Waals surface area contributed by atoms with Crippen LogP contribution in [0.15, 0.2) is 41.7 Å². The van der Waals surface area contributed by atoms with E-state index in [9.17, 15) is 23.1 Å². The van der Waals surface area contributed by atoms with Gasteiger partial charge in [0.1, 0.15) is 17.7 Å². The van der Waals surface area contributed by atoms with Crippen molar-refractivity contribution in [1.82, 2.24) is 0 Å². The topological polar surface area (TPSA) is 87.1 Å². The van der Waals surface area contributed by atoms with Crippen molar-refractivity contribution >= 4 is 5.91 Å². The lowest BCUT2D eigenvalue weighted by Gasteiger charge is -2.20. The number of carbonyl (C=O) groups is 1. The third kappa shape index (κ3) is 3.25. The van der Waals surface area contributed by atoms with Crippen LogP contribution in [0.5, 0.6) is 0 Å². The van der Waals surface area contributed by atoms with Crippen molar-refractivity contribution in [1.29, 1.82) is 5.26 Å². The number of halogens is 3. The third-order valence-electron chi connectivity index (χ3n) is 2.35. The molecule has 7 heteroatoms. The molecule has 0 spiro atoms. The standard InChI is InChI=1S/C12H9F3N2O2/c13-12(14,15)9(7-4-2-1-3-5-7)10(18)8(6-16)11(17)19/h1-5,9,18H,(H2,17,19)/b10-8-. The van der Waals surface area contributed by atoms with E-state index in [2.05, 4.69) is 0 Å². The monoisotopic (exact) mass is 270 g/mol. The molecule has 0 heterocycles. The highest BCUT2D eigenvalue weighted by Crippen LogP contribution is 2.40. The van der Waals surface area contributed by atoms with Crippen LogP contribution in [0.3, 0.4) is 0 Å². The number of hydrogen-bond donors (Lipinski definition) is 2. The number of primary amides is 1. The number of hydrogen-bond acceptors (Lipinski definition) is 3. The van der Waals surface area contributed by atoms with E-state index in [1.807, 2.05) is 0 Å². The molecule has 1 aromatic carbocycles. The minimum atomic E-state index is -4.86. The quantitative estimate of drug-likeness (QED) is 0.501. The summed E-state index contributed by atoms with van der Waals surface area (Å²) in [6.07, 6.45) is -4.86. The van der Waals surface area contributed by atoms with Gasteiger partial charge < -0.3 is 10.8 Å². The Labute approximate surface area is 106 Å². The fourth-order valence-corrected chi connectivity index (χ4v) is 1.53. The minimum absolute atomic E-state index is 0.290. The Kier molecular flexibility index (Phi) is 4.17. The summed E-state index contributed by atoms with van der Waals surface area (Å²) in [5.41, 5.74) is 3.36. The van der Waals surface area contributed by atoms with Crippen LogP contribution in [-0.2, 0) is 4.79 Å². The zero-order chi connectivity index (χ0) is 14.6. The molecular weight excluding hydrogens is 261 g/mol. The number of nitriles is 1. The predicted molar refractivity (Wildman–Crippen MR) is 59.7 cm³/mol. The molecule has 0 saturated carbocycles. The molecule has 1 unspecified atom stereocenters. The fourth-order valence-electron chi connectivity index (χ4n) is 1.53. The second kappa shape index (κ2) is 5.44. The number of aliphatic hydroxyl groups excluding tert-OH is 1. The van der Waals surface area contributed by atoms with Gasteiger partial charge in [-0.05, 0) is 5.56 Å². The molecular formula is C12H9F3N2O2. The molecule has 100 valence electrons. The number of alkyl halides is 3. The predicted octanol–water partition coefficient (Wildman–Crippen LogP) is 2.15. The maximum atomic E-state index is 13.0. The Morgan fingerprint density at radius 1 is 1.32 bits per heavy atom. The van der Waals surface area contributed by atoms with Gasteiger partial charge >= 0.3 is 6.18 Å². The number of benzene rings is 1. The van der Waals surface area contributed by atoms with Gasteiger partial charge in [0.2, 0.25) is 0 Å². The summed E-state index contributed by atoms with van der Waals surface area (Å²) < 4.78 is 38.9. The SMILES string of the molecule is N#C/C(C(N)=O)=C(/O)C(c1ccccc1)C(F)(F)F. The smallest absolute Gasteiger partial charge is 0.402 e. The lowest BCUT2D eigenvalue weighted by Crippen LogP contribution is -2.26. The number of nitrogens with zero attached hydrogens (tertiary/aromatic N) is 1. The van der Waals surface area contributed by atoms with Gasteiger partial charge in [-0.2, -0.15) is 18.4 Å². The maximum Gasteiger partial charge on any atom is 0.402 e. The first kappa shape index (κ1) is 14.6. The molecule has 0 aliphatic heterocycles. The zero-order valence-electron chi connectivity index (χ0n) is 9.48. The Bertz CT molecular complexity index is 544. The second-order valence-corrected chi connectivity index (χ2v) is 3.62. The van der Waals surface area contributed by atoms with E-state index in [0.717, 1.165) is 12.1 Å². The average Bonchev–Trinajstić information content (AvgIpc) is 2.28. The highest BCUT2D eigenvalue weighted by Gasteiger charge is 2.45. The van der Waals surface area contributed by atoms with E-state index in [4.69, 9.17) is 11.0 Å². The summed E-state index contributed by atoms with van der Waals surface area (Å²) in [4.78, 5) is 10.8. The van der Waals surface area contributed by atoms with Crippen LogP contribution in [0.2, 0.25) is 0 Å². The summed E-state index contributed by atoms with van der Waals surface area (Å²) >= 11 is 0. The highest BCUT2D eigenvalue weighted by molar-refractivity contribution is 5.96. The van der Waals surface area contributed by atoms with Crippen molar-refractivity contribution in [2.24, 2.45) is 5.73 Å². The molecule has 0 saturated heterocycles.